The number of nitrogens with one attached hydrogen (secondary N) is 1. The summed E-state index contributed by atoms with van der Waals surface area (Å²) in [4.78, 5) is 11.5. The molecular weight excluding hydrogens is 280 g/mol. The van der Waals surface area contributed by atoms with Gasteiger partial charge in [-0.15, -0.1) is 6.58 Å². The predicted octanol–water partition coefficient (Wildman–Crippen LogP) is 2.66. The number of benzene rings is 1. The Kier molecular flexibility index (Phi) is 5.18. The number of hydrogen-bond donors (Lipinski definition) is 1. The number of carbonyl (C=O) groups is 1. The molecule has 3 nitrogen and oxygen atoms in total. The van der Waals surface area contributed by atoms with Crippen molar-refractivity contribution < 1.29 is 4.79 Å². The van der Waals surface area contributed by atoms with Crippen molar-refractivity contribution in [2.75, 3.05) is 6.54 Å². The number of hydrogen-bond acceptors (Lipinski definition) is 2. The topological polar surface area (TPSA) is 52.9 Å². The van der Waals surface area contributed by atoms with Gasteiger partial charge in [0.1, 0.15) is 11.6 Å². The maximum Gasteiger partial charge on any atom is 0.262 e. The average Bonchev–Trinajstić information content (AvgIpc) is 2.35. The van der Waals surface area contributed by atoms with Crippen molar-refractivity contribution in [3.8, 4) is 6.07 Å². The number of amides is 1. The third-order valence-corrected chi connectivity index (χ3v) is 2.48. The van der Waals surface area contributed by atoms with Crippen LogP contribution in [-0.2, 0) is 4.79 Å². The summed E-state index contributed by atoms with van der Waals surface area (Å²) in [5, 5.41) is 11.5. The fraction of sp³-hybridized carbons (Fsp3) is 0.0769. The van der Waals surface area contributed by atoms with Crippen molar-refractivity contribution in [3.63, 3.8) is 0 Å². The lowest BCUT2D eigenvalue weighted by atomic mass is 10.1. The third-order valence-electron chi connectivity index (χ3n) is 1.95. The molecule has 0 saturated heterocycles. The Bertz CT molecular complexity index is 483. The molecule has 0 aliphatic heterocycles. The lowest BCUT2D eigenvalue weighted by molar-refractivity contribution is -0.116. The number of carbonyl (C=O) groups excluding carboxylic acids is 1. The van der Waals surface area contributed by atoms with Crippen molar-refractivity contribution in [2.24, 2.45) is 0 Å². The quantitative estimate of drug-likeness (QED) is 0.527. The first-order valence-corrected chi connectivity index (χ1v) is 5.73. The van der Waals surface area contributed by atoms with Crippen LogP contribution in [0, 0.1) is 11.3 Å². The van der Waals surface area contributed by atoms with E-state index in [-0.39, 0.29) is 5.57 Å². The molecule has 0 heterocycles. The Morgan fingerprint density at radius 3 is 2.65 bits per heavy atom. The summed E-state index contributed by atoms with van der Waals surface area (Å²) in [6, 6.07) is 9.22. The lowest BCUT2D eigenvalue weighted by Crippen LogP contribution is -2.24. The highest BCUT2D eigenvalue weighted by Gasteiger charge is 2.06. The van der Waals surface area contributed by atoms with E-state index in [1.54, 1.807) is 12.2 Å². The maximum absolute atomic E-state index is 11.5. The molecule has 0 saturated carbocycles. The number of halogens is 1. The molecule has 0 aromatic heterocycles. The summed E-state index contributed by atoms with van der Waals surface area (Å²) in [6.07, 6.45) is 3.11. The van der Waals surface area contributed by atoms with Crippen molar-refractivity contribution >= 4 is 27.9 Å². The molecule has 0 spiro atoms. The molecule has 86 valence electrons. The summed E-state index contributed by atoms with van der Waals surface area (Å²) in [5.74, 6) is -0.393. The zero-order valence-corrected chi connectivity index (χ0v) is 10.7. The molecule has 0 atom stereocenters. The van der Waals surface area contributed by atoms with Gasteiger partial charge in [-0.3, -0.25) is 4.79 Å². The van der Waals surface area contributed by atoms with Crippen LogP contribution in [0.2, 0.25) is 0 Å². The largest absolute Gasteiger partial charge is 0.348 e. The molecule has 1 rings (SSSR count). The van der Waals surface area contributed by atoms with E-state index >= 15 is 0 Å². The van der Waals surface area contributed by atoms with E-state index < -0.39 is 5.91 Å². The molecule has 1 amide bonds. The van der Waals surface area contributed by atoms with E-state index in [4.69, 9.17) is 5.26 Å². The second kappa shape index (κ2) is 6.66. The Hall–Kier alpha value is -1.86. The van der Waals surface area contributed by atoms with E-state index in [1.165, 1.54) is 0 Å². The summed E-state index contributed by atoms with van der Waals surface area (Å²) in [5.41, 5.74) is 0.882. The van der Waals surface area contributed by atoms with Gasteiger partial charge in [0.05, 0.1) is 0 Å². The van der Waals surface area contributed by atoms with E-state index in [1.807, 2.05) is 30.3 Å². The number of nitriles is 1. The van der Waals surface area contributed by atoms with E-state index in [0.717, 1.165) is 10.0 Å². The van der Waals surface area contributed by atoms with Gasteiger partial charge in [-0.25, -0.2) is 0 Å². The van der Waals surface area contributed by atoms with Crippen LogP contribution >= 0.6 is 15.9 Å². The van der Waals surface area contributed by atoms with Gasteiger partial charge in [0, 0.05) is 11.0 Å². The van der Waals surface area contributed by atoms with Crippen molar-refractivity contribution in [3.05, 3.63) is 52.5 Å². The first kappa shape index (κ1) is 13.2. The summed E-state index contributed by atoms with van der Waals surface area (Å²) >= 11 is 3.32. The minimum atomic E-state index is -0.393. The molecule has 0 fully saturated rings. The average molecular weight is 291 g/mol. The Morgan fingerprint density at radius 2 is 2.12 bits per heavy atom. The normalized spacial score (nSPS) is 10.5. The zero-order chi connectivity index (χ0) is 12.7. The van der Waals surface area contributed by atoms with Crippen LogP contribution in [0.5, 0.6) is 0 Å². The smallest absolute Gasteiger partial charge is 0.262 e. The molecule has 0 aliphatic carbocycles. The predicted molar refractivity (Wildman–Crippen MR) is 70.9 cm³/mol. The molecule has 1 aromatic rings. The highest BCUT2D eigenvalue weighted by Crippen LogP contribution is 2.13. The highest BCUT2D eigenvalue weighted by atomic mass is 79.9. The minimum absolute atomic E-state index is 0.0779. The van der Waals surface area contributed by atoms with Crippen LogP contribution < -0.4 is 5.32 Å². The molecule has 1 aromatic carbocycles. The maximum atomic E-state index is 11.5. The SMILES string of the molecule is C=CCNC(=O)/C(C#N)=C/c1ccc(Br)cc1. The van der Waals surface area contributed by atoms with Crippen molar-refractivity contribution in [1.82, 2.24) is 5.32 Å². The van der Waals surface area contributed by atoms with E-state index in [2.05, 4.69) is 27.8 Å². The Morgan fingerprint density at radius 1 is 1.47 bits per heavy atom. The second-order valence-corrected chi connectivity index (χ2v) is 4.14. The molecule has 0 radical (unpaired) electrons. The molecule has 4 heteroatoms. The lowest BCUT2D eigenvalue weighted by Gasteiger charge is -2.00. The van der Waals surface area contributed by atoms with Gasteiger partial charge in [0.25, 0.3) is 5.91 Å². The summed E-state index contributed by atoms with van der Waals surface area (Å²) < 4.78 is 0.948. The standard InChI is InChI=1S/C13H11BrN2O/c1-2-7-16-13(17)11(9-15)8-10-3-5-12(14)6-4-10/h2-6,8H,1,7H2,(H,16,17)/b11-8+. The van der Waals surface area contributed by atoms with Gasteiger partial charge in [-0.2, -0.15) is 5.26 Å². The fourth-order valence-corrected chi connectivity index (χ4v) is 1.40. The monoisotopic (exact) mass is 290 g/mol. The van der Waals surface area contributed by atoms with Gasteiger partial charge in [0.2, 0.25) is 0 Å². The van der Waals surface area contributed by atoms with E-state index in [9.17, 15) is 4.79 Å². The first-order chi connectivity index (χ1) is 8.17. The van der Waals surface area contributed by atoms with Gasteiger partial charge in [-0.05, 0) is 23.8 Å². The van der Waals surface area contributed by atoms with Gasteiger partial charge in [0.15, 0.2) is 0 Å². The minimum Gasteiger partial charge on any atom is -0.348 e. The zero-order valence-electron chi connectivity index (χ0n) is 9.11. The van der Waals surface area contributed by atoms with Crippen LogP contribution in [0.3, 0.4) is 0 Å². The molecule has 0 aliphatic rings. The number of rotatable bonds is 4. The van der Waals surface area contributed by atoms with Crippen LogP contribution in [0.1, 0.15) is 5.56 Å². The van der Waals surface area contributed by atoms with Gasteiger partial charge < -0.3 is 5.32 Å². The van der Waals surface area contributed by atoms with Crippen molar-refractivity contribution in [2.45, 2.75) is 0 Å². The molecule has 0 bridgehead atoms. The first-order valence-electron chi connectivity index (χ1n) is 4.94. The van der Waals surface area contributed by atoms with Gasteiger partial charge >= 0.3 is 0 Å². The van der Waals surface area contributed by atoms with Crippen LogP contribution in [0.25, 0.3) is 6.08 Å². The van der Waals surface area contributed by atoms with E-state index in [0.29, 0.717) is 6.54 Å². The van der Waals surface area contributed by atoms with Crippen LogP contribution in [0.15, 0.2) is 47.0 Å². The number of nitrogens with zero attached hydrogens (tertiary/aromatic N) is 1. The van der Waals surface area contributed by atoms with Crippen LogP contribution in [-0.4, -0.2) is 12.5 Å². The van der Waals surface area contributed by atoms with Gasteiger partial charge in [-0.1, -0.05) is 34.1 Å². The molecular formula is C13H11BrN2O. The third kappa shape index (κ3) is 4.25. The molecule has 17 heavy (non-hydrogen) atoms. The summed E-state index contributed by atoms with van der Waals surface area (Å²) in [7, 11) is 0. The van der Waals surface area contributed by atoms with Crippen molar-refractivity contribution in [1.29, 1.82) is 5.26 Å². The Balaban J connectivity index is 2.87. The van der Waals surface area contributed by atoms with Crippen LogP contribution in [0.4, 0.5) is 0 Å². The molecule has 1 N–H and O–H groups in total. The summed E-state index contributed by atoms with van der Waals surface area (Å²) in [6.45, 7) is 3.83. The second-order valence-electron chi connectivity index (χ2n) is 3.22. The highest BCUT2D eigenvalue weighted by molar-refractivity contribution is 9.10. The molecule has 0 unspecified atom stereocenters. The fourth-order valence-electron chi connectivity index (χ4n) is 1.13. The Labute approximate surface area is 109 Å².